The number of ether oxygens (including phenoxy) is 1. The van der Waals surface area contributed by atoms with Crippen LogP contribution in [0, 0.1) is 0 Å². The number of hydrogen-bond acceptors (Lipinski definition) is 6. The third-order valence-corrected chi connectivity index (χ3v) is 4.68. The van der Waals surface area contributed by atoms with Crippen LogP contribution in [-0.4, -0.2) is 63.4 Å². The molecule has 2 N–H and O–H groups in total. The number of aromatic carboxylic acids is 1. The maximum absolute atomic E-state index is 11.8. The number of carbonyl (C=O) groups excluding carboxylic acids is 1. The van der Waals surface area contributed by atoms with Gasteiger partial charge in [-0.1, -0.05) is 12.1 Å². The van der Waals surface area contributed by atoms with Gasteiger partial charge in [-0.05, 0) is 31.2 Å². The van der Waals surface area contributed by atoms with Crippen molar-refractivity contribution >= 4 is 11.9 Å². The number of aliphatic hydroxyl groups is 1. The fourth-order valence-corrected chi connectivity index (χ4v) is 3.16. The summed E-state index contributed by atoms with van der Waals surface area (Å²) in [6, 6.07) is 10.1. The molecule has 28 heavy (non-hydrogen) atoms. The zero-order valence-electron chi connectivity index (χ0n) is 16.2. The highest BCUT2D eigenvalue weighted by atomic mass is 16.5. The van der Waals surface area contributed by atoms with Crippen LogP contribution in [0.15, 0.2) is 36.4 Å². The van der Waals surface area contributed by atoms with Crippen LogP contribution in [-0.2, 0) is 17.8 Å². The van der Waals surface area contributed by atoms with Crippen LogP contribution in [0.4, 0.5) is 0 Å². The number of nitrogens with zero attached hydrogens (tertiary/aromatic N) is 3. The van der Waals surface area contributed by atoms with E-state index in [2.05, 4.69) is 9.97 Å². The Bertz CT molecular complexity index is 827. The van der Waals surface area contributed by atoms with Crippen LogP contribution in [0.25, 0.3) is 0 Å². The summed E-state index contributed by atoms with van der Waals surface area (Å²) < 4.78 is 5.26. The molecule has 0 spiro atoms. The van der Waals surface area contributed by atoms with E-state index in [0.717, 1.165) is 12.2 Å². The van der Waals surface area contributed by atoms with E-state index in [1.54, 1.807) is 24.3 Å². The Kier molecular flexibility index (Phi) is 7.60. The molecule has 150 valence electrons. The van der Waals surface area contributed by atoms with Crippen molar-refractivity contribution in [2.45, 2.75) is 26.4 Å². The van der Waals surface area contributed by atoms with E-state index in [0.29, 0.717) is 36.2 Å². The number of methoxy groups -OCH3 is 1. The van der Waals surface area contributed by atoms with E-state index in [1.165, 1.54) is 13.2 Å². The van der Waals surface area contributed by atoms with Crippen molar-refractivity contribution in [3.8, 4) is 0 Å². The van der Waals surface area contributed by atoms with Gasteiger partial charge < -0.3 is 19.4 Å². The average molecular weight is 388 g/mol. The van der Waals surface area contributed by atoms with Crippen molar-refractivity contribution in [3.05, 3.63) is 59.2 Å². The fraction of sp³-hybridized carbons (Fsp3) is 0.400. The van der Waals surface area contributed by atoms with Crippen LogP contribution in [0.5, 0.6) is 0 Å². The van der Waals surface area contributed by atoms with E-state index in [4.69, 9.17) is 4.74 Å². The van der Waals surface area contributed by atoms with E-state index in [-0.39, 0.29) is 18.0 Å². The maximum Gasteiger partial charge on any atom is 0.356 e. The molecule has 0 aliphatic rings. The van der Waals surface area contributed by atoms with Crippen molar-refractivity contribution in [1.82, 2.24) is 9.97 Å². The van der Waals surface area contributed by atoms with Gasteiger partial charge in [-0.2, -0.15) is 0 Å². The third-order valence-electron chi connectivity index (χ3n) is 4.68. The Hall–Kier alpha value is -2.84. The molecule has 0 saturated heterocycles. The molecule has 0 bridgehead atoms. The number of pyridine rings is 2. The Morgan fingerprint density at radius 1 is 1.04 bits per heavy atom. The summed E-state index contributed by atoms with van der Waals surface area (Å²) >= 11 is 0. The smallest absolute Gasteiger partial charge is 0.356 e. The predicted molar refractivity (Wildman–Crippen MR) is 102 cm³/mol. The lowest BCUT2D eigenvalue weighted by atomic mass is 10.2. The molecule has 8 nitrogen and oxygen atoms in total. The van der Waals surface area contributed by atoms with Gasteiger partial charge in [-0.15, -0.1) is 0 Å². The molecular weight excluding hydrogens is 362 g/mol. The van der Waals surface area contributed by atoms with Gasteiger partial charge in [-0.3, -0.25) is 0 Å². The molecule has 8 heteroatoms. The first-order chi connectivity index (χ1) is 13.4. The Morgan fingerprint density at radius 3 is 2.11 bits per heavy atom. The molecule has 0 aliphatic heterocycles. The first kappa shape index (κ1) is 21.5. The normalized spacial score (nSPS) is 13.0. The van der Waals surface area contributed by atoms with Crippen molar-refractivity contribution in [3.63, 3.8) is 0 Å². The molecular formula is C20H26N3O5+. The van der Waals surface area contributed by atoms with E-state index in [9.17, 15) is 19.8 Å². The number of aliphatic hydroxyl groups excluding tert-OH is 1. The summed E-state index contributed by atoms with van der Waals surface area (Å²) in [4.78, 5) is 31.6. The van der Waals surface area contributed by atoms with Gasteiger partial charge >= 0.3 is 11.9 Å². The summed E-state index contributed by atoms with van der Waals surface area (Å²) in [7, 11) is 1.31. The molecule has 0 aromatic carbocycles. The minimum atomic E-state index is -1.07. The lowest BCUT2D eigenvalue weighted by molar-refractivity contribution is -0.952. The van der Waals surface area contributed by atoms with Crippen LogP contribution >= 0.6 is 0 Å². The second-order valence-electron chi connectivity index (χ2n) is 6.60. The number of quaternary nitrogens is 1. The number of esters is 1. The second kappa shape index (κ2) is 9.91. The van der Waals surface area contributed by atoms with E-state index in [1.807, 2.05) is 13.0 Å². The molecule has 1 unspecified atom stereocenters. The zero-order valence-corrected chi connectivity index (χ0v) is 16.2. The summed E-state index contributed by atoms with van der Waals surface area (Å²) in [6.45, 7) is 4.47. The van der Waals surface area contributed by atoms with Gasteiger partial charge in [0.25, 0.3) is 0 Å². The minimum absolute atomic E-state index is 0.000301. The van der Waals surface area contributed by atoms with Crippen molar-refractivity contribution < 1.29 is 29.0 Å². The van der Waals surface area contributed by atoms with Gasteiger partial charge in [0.05, 0.1) is 31.6 Å². The summed E-state index contributed by atoms with van der Waals surface area (Å²) in [5.41, 5.74) is 1.61. The van der Waals surface area contributed by atoms with Crippen LogP contribution < -0.4 is 0 Å². The predicted octanol–water partition coefficient (Wildman–Crippen LogP) is 1.88. The first-order valence-corrected chi connectivity index (χ1v) is 9.12. The summed E-state index contributed by atoms with van der Waals surface area (Å²) in [5, 5.41) is 18.5. The Morgan fingerprint density at radius 2 is 1.61 bits per heavy atom. The molecule has 0 fully saturated rings. The largest absolute Gasteiger partial charge is 0.477 e. The minimum Gasteiger partial charge on any atom is -0.477 e. The van der Waals surface area contributed by atoms with Crippen molar-refractivity contribution in [1.29, 1.82) is 0 Å². The lowest BCUT2D eigenvalue weighted by Gasteiger charge is -2.37. The summed E-state index contributed by atoms with van der Waals surface area (Å²) in [5.74, 6) is -1.57. The SMILES string of the molecule is CC[N+](CCCO)(Cc1cccc(C(=O)O)n1)Cc1cccc(C(=O)OC)n1. The van der Waals surface area contributed by atoms with Gasteiger partial charge in [0.1, 0.15) is 24.5 Å². The molecule has 0 amide bonds. The third kappa shape index (κ3) is 5.58. The van der Waals surface area contributed by atoms with Crippen molar-refractivity contribution in [2.75, 3.05) is 26.8 Å². The standard InChI is InChI=1S/C20H25N3O5/c1-3-23(11-6-12-24,13-15-7-4-9-17(21-15)19(25)26)14-16-8-5-10-18(22-16)20(27)28-2/h4-5,7-10,24H,3,6,11-14H2,1-2H3/p+1. The highest BCUT2D eigenvalue weighted by Crippen LogP contribution is 2.20. The van der Waals surface area contributed by atoms with Gasteiger partial charge in [-0.25, -0.2) is 19.6 Å². The number of carboxylic acid groups (broad SMARTS) is 1. The Balaban J connectivity index is 2.33. The number of carbonyl (C=O) groups is 2. The van der Waals surface area contributed by atoms with Gasteiger partial charge in [0, 0.05) is 13.0 Å². The zero-order chi connectivity index (χ0) is 20.6. The highest BCUT2D eigenvalue weighted by molar-refractivity contribution is 5.87. The molecule has 2 aromatic heterocycles. The highest BCUT2D eigenvalue weighted by Gasteiger charge is 2.28. The number of rotatable bonds is 10. The van der Waals surface area contributed by atoms with Crippen LogP contribution in [0.1, 0.15) is 45.7 Å². The fourth-order valence-electron chi connectivity index (χ4n) is 3.16. The Labute approximate surface area is 164 Å². The number of carboxylic acids is 1. The van der Waals surface area contributed by atoms with Crippen LogP contribution in [0.2, 0.25) is 0 Å². The number of aromatic nitrogens is 2. The summed E-state index contributed by atoms with van der Waals surface area (Å²) in [6.07, 6.45) is 0.586. The van der Waals surface area contributed by atoms with Crippen molar-refractivity contribution in [2.24, 2.45) is 0 Å². The molecule has 0 saturated carbocycles. The lowest BCUT2D eigenvalue weighted by Crippen LogP contribution is -2.47. The molecule has 0 aliphatic carbocycles. The average Bonchev–Trinajstić information content (AvgIpc) is 2.71. The maximum atomic E-state index is 11.8. The molecule has 2 aromatic rings. The van der Waals surface area contributed by atoms with Gasteiger partial charge in [0.15, 0.2) is 0 Å². The molecule has 1 atom stereocenters. The second-order valence-corrected chi connectivity index (χ2v) is 6.60. The van der Waals surface area contributed by atoms with E-state index >= 15 is 0 Å². The topological polar surface area (TPSA) is 110 Å². The van der Waals surface area contributed by atoms with Gasteiger partial charge in [0.2, 0.25) is 0 Å². The molecule has 0 radical (unpaired) electrons. The van der Waals surface area contributed by atoms with E-state index < -0.39 is 11.9 Å². The molecule has 2 heterocycles. The number of hydrogen-bond donors (Lipinski definition) is 2. The van der Waals surface area contributed by atoms with Crippen LogP contribution in [0.3, 0.4) is 0 Å². The monoisotopic (exact) mass is 388 g/mol. The first-order valence-electron chi connectivity index (χ1n) is 9.12. The molecule has 2 rings (SSSR count). The quantitative estimate of drug-likeness (QED) is 0.472.